The molecular formula is C12H14N2O2. The first-order valence-electron chi connectivity index (χ1n) is 5.69. The van der Waals surface area contributed by atoms with Crippen molar-refractivity contribution in [3.05, 3.63) is 24.0 Å². The molecule has 2 fully saturated rings. The van der Waals surface area contributed by atoms with Gasteiger partial charge < -0.3 is 10.0 Å². The number of rotatable bonds is 1. The summed E-state index contributed by atoms with van der Waals surface area (Å²) in [7, 11) is 0. The maximum Gasteiger partial charge on any atom is 0.257 e. The van der Waals surface area contributed by atoms with Crippen LogP contribution in [0.1, 0.15) is 29.6 Å². The standard InChI is InChI=1S/C12H14N2O2/c15-11-6-13-4-3-10(11)12(16)14-7-8-1-2-9(14)5-8/h3-4,6,8-9,15H,1-2,5,7H2. The number of nitrogens with zero attached hydrogens (tertiary/aromatic N) is 2. The van der Waals surface area contributed by atoms with Gasteiger partial charge in [0.05, 0.1) is 11.8 Å². The molecule has 1 aromatic heterocycles. The minimum absolute atomic E-state index is 0.0183. The lowest BCUT2D eigenvalue weighted by Crippen LogP contribution is -2.37. The van der Waals surface area contributed by atoms with Gasteiger partial charge in [0.25, 0.3) is 5.91 Å². The number of likely N-dealkylation sites (tertiary alicyclic amines) is 1. The molecule has 3 rings (SSSR count). The Hall–Kier alpha value is -1.58. The summed E-state index contributed by atoms with van der Waals surface area (Å²) in [4.78, 5) is 17.9. The van der Waals surface area contributed by atoms with Gasteiger partial charge in [-0.05, 0) is 31.2 Å². The number of fused-ring (bicyclic) bond motifs is 2. The van der Waals surface area contributed by atoms with E-state index >= 15 is 0 Å². The second-order valence-corrected chi connectivity index (χ2v) is 4.68. The predicted octanol–water partition coefficient (Wildman–Crippen LogP) is 1.41. The van der Waals surface area contributed by atoms with Crippen molar-refractivity contribution in [3.8, 4) is 5.75 Å². The third-order valence-corrected chi connectivity index (χ3v) is 3.70. The van der Waals surface area contributed by atoms with Crippen molar-refractivity contribution in [1.82, 2.24) is 9.88 Å². The van der Waals surface area contributed by atoms with E-state index < -0.39 is 0 Å². The zero-order valence-corrected chi connectivity index (χ0v) is 8.97. The third kappa shape index (κ3) is 1.37. The zero-order chi connectivity index (χ0) is 11.1. The largest absolute Gasteiger partial charge is 0.505 e. The van der Waals surface area contributed by atoms with E-state index in [4.69, 9.17) is 0 Å². The normalized spacial score (nSPS) is 27.4. The van der Waals surface area contributed by atoms with Gasteiger partial charge in [-0.2, -0.15) is 0 Å². The average Bonchev–Trinajstić information content (AvgIpc) is 2.90. The average molecular weight is 218 g/mol. The number of piperidine rings is 1. The van der Waals surface area contributed by atoms with Crippen LogP contribution in [0.15, 0.2) is 18.5 Å². The predicted molar refractivity (Wildman–Crippen MR) is 58.1 cm³/mol. The van der Waals surface area contributed by atoms with Crippen LogP contribution in [0.3, 0.4) is 0 Å². The van der Waals surface area contributed by atoms with E-state index in [9.17, 15) is 9.90 Å². The summed E-state index contributed by atoms with van der Waals surface area (Å²) >= 11 is 0. The number of aromatic hydroxyl groups is 1. The molecule has 2 aliphatic rings. The molecule has 0 spiro atoms. The van der Waals surface area contributed by atoms with Gasteiger partial charge in [-0.1, -0.05) is 0 Å². The number of hydrogen-bond acceptors (Lipinski definition) is 3. The highest BCUT2D eigenvalue weighted by Crippen LogP contribution is 2.38. The van der Waals surface area contributed by atoms with Crippen LogP contribution >= 0.6 is 0 Å². The van der Waals surface area contributed by atoms with Crippen LogP contribution in [0.5, 0.6) is 5.75 Å². The summed E-state index contributed by atoms with van der Waals surface area (Å²) in [6.07, 6.45) is 6.36. The maximum atomic E-state index is 12.2. The molecule has 2 bridgehead atoms. The summed E-state index contributed by atoms with van der Waals surface area (Å²) in [6.45, 7) is 0.852. The van der Waals surface area contributed by atoms with E-state index in [1.54, 1.807) is 12.3 Å². The molecule has 1 saturated heterocycles. The maximum absolute atomic E-state index is 12.2. The van der Waals surface area contributed by atoms with Gasteiger partial charge in [0.1, 0.15) is 5.75 Å². The summed E-state index contributed by atoms with van der Waals surface area (Å²) in [5, 5.41) is 9.60. The van der Waals surface area contributed by atoms with Gasteiger partial charge in [0.15, 0.2) is 0 Å². The number of aromatic nitrogens is 1. The molecule has 16 heavy (non-hydrogen) atoms. The SMILES string of the molecule is O=C(c1ccncc1O)N1CC2CCC1C2. The van der Waals surface area contributed by atoms with Gasteiger partial charge >= 0.3 is 0 Å². The topological polar surface area (TPSA) is 53.4 Å². The Morgan fingerprint density at radius 1 is 1.50 bits per heavy atom. The first-order valence-corrected chi connectivity index (χ1v) is 5.69. The Balaban J connectivity index is 1.86. The van der Waals surface area contributed by atoms with E-state index in [1.165, 1.54) is 12.6 Å². The molecule has 1 aliphatic heterocycles. The van der Waals surface area contributed by atoms with Crippen molar-refractivity contribution in [2.24, 2.45) is 5.92 Å². The monoisotopic (exact) mass is 218 g/mol. The van der Waals surface area contributed by atoms with Crippen LogP contribution in [0.2, 0.25) is 0 Å². The number of amides is 1. The molecule has 1 aromatic rings. The summed E-state index contributed by atoms with van der Waals surface area (Å²) in [6, 6.07) is 1.98. The number of carbonyl (C=O) groups excluding carboxylic acids is 1. The van der Waals surface area contributed by atoms with Crippen molar-refractivity contribution >= 4 is 5.91 Å². The van der Waals surface area contributed by atoms with Crippen LogP contribution in [-0.4, -0.2) is 33.5 Å². The molecule has 0 radical (unpaired) electrons. The molecule has 1 amide bonds. The fourth-order valence-electron chi connectivity index (χ4n) is 2.90. The Kier molecular flexibility index (Phi) is 2.09. The van der Waals surface area contributed by atoms with E-state index in [2.05, 4.69) is 4.98 Å². The molecule has 4 nitrogen and oxygen atoms in total. The fourth-order valence-corrected chi connectivity index (χ4v) is 2.90. The lowest BCUT2D eigenvalue weighted by Gasteiger charge is -2.27. The van der Waals surface area contributed by atoms with Crippen LogP contribution in [0.4, 0.5) is 0 Å². The van der Waals surface area contributed by atoms with Crippen molar-refractivity contribution in [2.45, 2.75) is 25.3 Å². The smallest absolute Gasteiger partial charge is 0.257 e. The van der Waals surface area contributed by atoms with Gasteiger partial charge in [0, 0.05) is 18.8 Å². The van der Waals surface area contributed by atoms with Gasteiger partial charge in [-0.15, -0.1) is 0 Å². The van der Waals surface area contributed by atoms with E-state index in [1.807, 2.05) is 4.90 Å². The highest BCUT2D eigenvalue weighted by Gasteiger charge is 2.40. The molecule has 2 heterocycles. The van der Waals surface area contributed by atoms with E-state index in [-0.39, 0.29) is 11.7 Å². The highest BCUT2D eigenvalue weighted by atomic mass is 16.3. The summed E-state index contributed by atoms with van der Waals surface area (Å²) < 4.78 is 0. The molecule has 1 aliphatic carbocycles. The molecule has 2 atom stereocenters. The number of carbonyl (C=O) groups is 1. The van der Waals surface area contributed by atoms with Gasteiger partial charge in [0.2, 0.25) is 0 Å². The lowest BCUT2D eigenvalue weighted by molar-refractivity contribution is 0.0700. The molecule has 0 aromatic carbocycles. The lowest BCUT2D eigenvalue weighted by atomic mass is 10.1. The van der Waals surface area contributed by atoms with Crippen LogP contribution < -0.4 is 0 Å². The summed E-state index contributed by atoms with van der Waals surface area (Å²) in [5.74, 6) is 0.611. The van der Waals surface area contributed by atoms with Crippen molar-refractivity contribution in [3.63, 3.8) is 0 Å². The van der Waals surface area contributed by atoms with Crippen molar-refractivity contribution in [1.29, 1.82) is 0 Å². The Morgan fingerprint density at radius 3 is 3.00 bits per heavy atom. The highest BCUT2D eigenvalue weighted by molar-refractivity contribution is 5.97. The number of hydrogen-bond donors (Lipinski definition) is 1. The van der Waals surface area contributed by atoms with Crippen LogP contribution in [-0.2, 0) is 0 Å². The second-order valence-electron chi connectivity index (χ2n) is 4.68. The van der Waals surface area contributed by atoms with E-state index in [0.717, 1.165) is 19.4 Å². The first kappa shape index (κ1) is 9.63. The first-order chi connectivity index (χ1) is 7.75. The fraction of sp³-hybridized carbons (Fsp3) is 0.500. The second kappa shape index (κ2) is 3.47. The minimum Gasteiger partial charge on any atom is -0.505 e. The molecule has 1 N–H and O–H groups in total. The van der Waals surface area contributed by atoms with Gasteiger partial charge in [-0.25, -0.2) is 0 Å². The van der Waals surface area contributed by atoms with Crippen LogP contribution in [0.25, 0.3) is 0 Å². The zero-order valence-electron chi connectivity index (χ0n) is 8.97. The third-order valence-electron chi connectivity index (χ3n) is 3.70. The summed E-state index contributed by atoms with van der Waals surface area (Å²) in [5.41, 5.74) is 0.377. The Bertz CT molecular complexity index is 433. The number of pyridine rings is 1. The Labute approximate surface area is 93.9 Å². The molecule has 1 saturated carbocycles. The molecule has 4 heteroatoms. The molecule has 84 valence electrons. The van der Waals surface area contributed by atoms with Crippen LogP contribution in [0, 0.1) is 5.92 Å². The quantitative estimate of drug-likeness (QED) is 0.775. The molecule has 2 unspecified atom stereocenters. The molecular weight excluding hydrogens is 204 g/mol. The van der Waals surface area contributed by atoms with Crippen molar-refractivity contribution < 1.29 is 9.90 Å². The Morgan fingerprint density at radius 2 is 2.38 bits per heavy atom. The van der Waals surface area contributed by atoms with E-state index in [0.29, 0.717) is 17.5 Å². The minimum atomic E-state index is -0.0490. The van der Waals surface area contributed by atoms with Crippen molar-refractivity contribution in [2.75, 3.05) is 6.54 Å². The van der Waals surface area contributed by atoms with Gasteiger partial charge in [-0.3, -0.25) is 9.78 Å².